The van der Waals surface area contributed by atoms with Gasteiger partial charge in [-0.15, -0.1) is 0 Å². The quantitative estimate of drug-likeness (QED) is 0.375. The summed E-state index contributed by atoms with van der Waals surface area (Å²) < 4.78 is 17.3. The lowest BCUT2D eigenvalue weighted by molar-refractivity contribution is -0.118. The first-order chi connectivity index (χ1) is 18.6. The molecule has 0 unspecified atom stereocenters. The Morgan fingerprint density at radius 3 is 2.54 bits per heavy atom. The molecule has 39 heavy (non-hydrogen) atoms. The molecule has 0 fully saturated rings. The monoisotopic (exact) mass is 569 g/mol. The topological polar surface area (TPSA) is 97.8 Å². The van der Waals surface area contributed by atoms with Crippen LogP contribution in [0.5, 0.6) is 11.5 Å². The van der Waals surface area contributed by atoms with Gasteiger partial charge < -0.3 is 24.8 Å². The van der Waals surface area contributed by atoms with Gasteiger partial charge in [0.1, 0.15) is 12.4 Å². The first kappa shape index (κ1) is 28.8. The molecule has 2 aromatic rings. The summed E-state index contributed by atoms with van der Waals surface area (Å²) >= 11 is 12.2. The van der Waals surface area contributed by atoms with Gasteiger partial charge in [0.25, 0.3) is 0 Å². The number of benzene rings is 2. The van der Waals surface area contributed by atoms with E-state index < -0.39 is 5.92 Å². The number of hydrogen-bond acceptors (Lipinski definition) is 7. The maximum absolute atomic E-state index is 13.6. The summed E-state index contributed by atoms with van der Waals surface area (Å²) in [5.41, 5.74) is 9.79. The zero-order valence-corrected chi connectivity index (χ0v) is 24.2. The van der Waals surface area contributed by atoms with Crippen LogP contribution in [0.2, 0.25) is 10.0 Å². The number of halogens is 2. The van der Waals surface area contributed by atoms with E-state index in [1.807, 2.05) is 30.0 Å². The predicted octanol–water partition coefficient (Wildman–Crippen LogP) is 6.35. The third-order valence-electron chi connectivity index (χ3n) is 6.99. The second kappa shape index (κ2) is 11.9. The van der Waals surface area contributed by atoms with E-state index in [-0.39, 0.29) is 17.8 Å². The number of ketones is 1. The number of carbonyl (C=O) groups is 1. The molecule has 206 valence electrons. The number of nitrogens with zero attached hydrogens (tertiary/aromatic N) is 2. The molecule has 1 aliphatic carbocycles. The second-order valence-electron chi connectivity index (χ2n) is 10.5. The Hall–Kier alpha value is -3.18. The molecule has 1 atom stereocenters. The number of nitriles is 1. The molecule has 1 heterocycles. The lowest BCUT2D eigenvalue weighted by Gasteiger charge is -2.43. The molecule has 2 aromatic carbocycles. The van der Waals surface area contributed by atoms with Crippen LogP contribution in [0.3, 0.4) is 0 Å². The molecule has 2 N–H and O–H groups in total. The highest BCUT2D eigenvalue weighted by molar-refractivity contribution is 6.42. The molecule has 0 saturated carbocycles. The number of allylic oxidation sites excluding steroid dienone is 3. The molecule has 2 aliphatic rings. The fourth-order valence-electron chi connectivity index (χ4n) is 5.23. The summed E-state index contributed by atoms with van der Waals surface area (Å²) in [5, 5.41) is 11.2. The molecule has 0 spiro atoms. The van der Waals surface area contributed by atoms with Crippen molar-refractivity contribution >= 4 is 29.0 Å². The molecule has 0 radical (unpaired) electrons. The Labute approximate surface area is 239 Å². The third kappa shape index (κ3) is 6.04. The first-order valence-electron chi connectivity index (χ1n) is 12.9. The number of ether oxygens (including phenoxy) is 3. The van der Waals surface area contributed by atoms with E-state index in [1.54, 1.807) is 25.3 Å². The van der Waals surface area contributed by atoms with Crippen LogP contribution < -0.4 is 15.2 Å². The van der Waals surface area contributed by atoms with Crippen LogP contribution in [0, 0.1) is 16.7 Å². The maximum Gasteiger partial charge on any atom is 0.162 e. The Morgan fingerprint density at radius 1 is 1.10 bits per heavy atom. The van der Waals surface area contributed by atoms with Gasteiger partial charge in [0.2, 0.25) is 0 Å². The van der Waals surface area contributed by atoms with Crippen molar-refractivity contribution in [2.75, 3.05) is 26.9 Å². The van der Waals surface area contributed by atoms with Crippen LogP contribution in [-0.2, 0) is 16.1 Å². The van der Waals surface area contributed by atoms with Gasteiger partial charge in [-0.2, -0.15) is 5.26 Å². The minimum absolute atomic E-state index is 0.0202. The Bertz CT molecular complexity index is 1380. The average Bonchev–Trinajstić information content (AvgIpc) is 2.88. The summed E-state index contributed by atoms with van der Waals surface area (Å²) in [5.74, 6) is 0.813. The van der Waals surface area contributed by atoms with E-state index in [9.17, 15) is 10.1 Å². The number of rotatable bonds is 9. The van der Waals surface area contributed by atoms with Crippen LogP contribution in [0.4, 0.5) is 0 Å². The Balaban J connectivity index is 1.76. The van der Waals surface area contributed by atoms with Crippen LogP contribution in [0.25, 0.3) is 0 Å². The van der Waals surface area contributed by atoms with E-state index in [0.29, 0.717) is 71.1 Å². The number of nitrogens with two attached hydrogens (primary N) is 1. The van der Waals surface area contributed by atoms with Gasteiger partial charge in [0.15, 0.2) is 17.3 Å². The van der Waals surface area contributed by atoms with Crippen molar-refractivity contribution in [3.8, 4) is 17.6 Å². The van der Waals surface area contributed by atoms with Crippen molar-refractivity contribution < 1.29 is 19.0 Å². The zero-order chi connectivity index (χ0) is 28.3. The van der Waals surface area contributed by atoms with E-state index in [2.05, 4.69) is 19.9 Å². The number of carbonyl (C=O) groups excluding carboxylic acids is 1. The van der Waals surface area contributed by atoms with Crippen molar-refractivity contribution in [1.29, 1.82) is 5.26 Å². The highest BCUT2D eigenvalue weighted by atomic mass is 35.5. The molecule has 0 saturated heterocycles. The first-order valence-corrected chi connectivity index (χ1v) is 13.6. The van der Waals surface area contributed by atoms with E-state index in [0.717, 1.165) is 16.8 Å². The summed E-state index contributed by atoms with van der Waals surface area (Å²) in [6, 6.07) is 13.1. The molecule has 0 aromatic heterocycles. The minimum Gasteiger partial charge on any atom is -0.490 e. The van der Waals surface area contributed by atoms with Gasteiger partial charge in [-0.25, -0.2) is 0 Å². The molecule has 1 aliphatic heterocycles. The number of methoxy groups -OCH3 is 1. The predicted molar refractivity (Wildman–Crippen MR) is 152 cm³/mol. The largest absolute Gasteiger partial charge is 0.490 e. The van der Waals surface area contributed by atoms with Gasteiger partial charge in [0, 0.05) is 31.3 Å². The summed E-state index contributed by atoms with van der Waals surface area (Å²) in [7, 11) is 1.61. The minimum atomic E-state index is -0.601. The zero-order valence-electron chi connectivity index (χ0n) is 22.6. The fourth-order valence-corrected chi connectivity index (χ4v) is 5.55. The highest BCUT2D eigenvalue weighted by Gasteiger charge is 2.44. The van der Waals surface area contributed by atoms with Crippen LogP contribution >= 0.6 is 23.2 Å². The van der Waals surface area contributed by atoms with E-state index >= 15 is 0 Å². The number of hydrogen-bond donors (Lipinski definition) is 1. The summed E-state index contributed by atoms with van der Waals surface area (Å²) in [6.07, 6.45) is 1.05. The molecule has 0 amide bonds. The van der Waals surface area contributed by atoms with Crippen molar-refractivity contribution in [2.24, 2.45) is 11.1 Å². The molecular formula is C30H33Cl2N3O4. The van der Waals surface area contributed by atoms with Gasteiger partial charge in [0.05, 0.1) is 40.8 Å². The standard InChI is InChI=1S/C30H33Cl2N3O4/c1-5-38-26-13-19(7-9-25(26)39-17-18-6-8-21(31)22(32)12-18)27-20(16-33)29(34)35(10-11-37-4)23-14-30(2,3)15-24(36)28(23)27/h6-9,12-13,27H,5,10-11,14-15,17,34H2,1-4H3/t27-/m0/s1. The average molecular weight is 571 g/mol. The Kier molecular flexibility index (Phi) is 8.80. The third-order valence-corrected chi connectivity index (χ3v) is 7.72. The number of Topliss-reactive ketones (excluding diaryl/α,β-unsaturated/α-hetero) is 1. The van der Waals surface area contributed by atoms with Crippen molar-refractivity contribution in [2.45, 2.75) is 46.1 Å². The smallest absolute Gasteiger partial charge is 0.162 e. The normalized spacial score (nSPS) is 18.6. The SMILES string of the molecule is CCOc1cc([C@H]2C(C#N)=C(N)N(CCOC)C3=C2C(=O)CC(C)(C)C3)ccc1OCc1ccc(Cl)c(Cl)c1. The van der Waals surface area contributed by atoms with Gasteiger partial charge in [-0.05, 0) is 54.2 Å². The lowest BCUT2D eigenvalue weighted by atomic mass is 9.68. The van der Waals surface area contributed by atoms with Gasteiger partial charge >= 0.3 is 0 Å². The lowest BCUT2D eigenvalue weighted by Crippen LogP contribution is -2.43. The van der Waals surface area contributed by atoms with Gasteiger partial charge in [-0.3, -0.25) is 4.79 Å². The summed E-state index contributed by atoms with van der Waals surface area (Å²) in [6.45, 7) is 7.56. The van der Waals surface area contributed by atoms with Gasteiger partial charge in [-0.1, -0.05) is 49.2 Å². The van der Waals surface area contributed by atoms with Crippen molar-refractivity contribution in [3.63, 3.8) is 0 Å². The maximum atomic E-state index is 13.6. The molecule has 4 rings (SSSR count). The van der Waals surface area contributed by atoms with Crippen LogP contribution in [-0.4, -0.2) is 37.6 Å². The van der Waals surface area contributed by atoms with E-state index in [1.165, 1.54) is 0 Å². The van der Waals surface area contributed by atoms with Crippen LogP contribution in [0.1, 0.15) is 50.7 Å². The molecule has 7 nitrogen and oxygen atoms in total. The Morgan fingerprint density at radius 2 is 1.87 bits per heavy atom. The van der Waals surface area contributed by atoms with Crippen molar-refractivity contribution in [1.82, 2.24) is 4.90 Å². The molecular weight excluding hydrogens is 537 g/mol. The van der Waals surface area contributed by atoms with Crippen molar-refractivity contribution in [3.05, 3.63) is 80.2 Å². The highest BCUT2D eigenvalue weighted by Crippen LogP contribution is 2.49. The summed E-state index contributed by atoms with van der Waals surface area (Å²) in [4.78, 5) is 15.5. The van der Waals surface area contributed by atoms with Crippen LogP contribution in [0.15, 0.2) is 59.1 Å². The second-order valence-corrected chi connectivity index (χ2v) is 11.3. The fraction of sp³-hybridized carbons (Fsp3) is 0.400. The van der Waals surface area contributed by atoms with E-state index in [4.69, 9.17) is 43.1 Å². The molecule has 0 bridgehead atoms. The molecule has 9 heteroatoms.